The van der Waals surface area contributed by atoms with Crippen LogP contribution in [-0.2, 0) is 0 Å². The molecule has 247 valence electrons. The summed E-state index contributed by atoms with van der Waals surface area (Å²) in [5.74, 6) is 0. The largest absolute Gasteiger partial charge is 0.390 e. The van der Waals surface area contributed by atoms with Crippen molar-refractivity contribution in [1.29, 1.82) is 0 Å². The second-order valence-electron chi connectivity index (χ2n) is 13.8. The van der Waals surface area contributed by atoms with E-state index in [1.165, 1.54) is 205 Å². The van der Waals surface area contributed by atoms with Gasteiger partial charge in [-0.2, -0.15) is 0 Å². The predicted octanol–water partition coefficient (Wildman–Crippen LogP) is 14.6. The van der Waals surface area contributed by atoms with E-state index < -0.39 is 5.60 Å². The van der Waals surface area contributed by atoms with E-state index in [-0.39, 0.29) is 0 Å². The Bertz CT molecular complexity index is 460. The quantitative estimate of drug-likeness (QED) is 0.0734. The summed E-state index contributed by atoms with van der Waals surface area (Å²) in [6, 6.07) is 0. The molecular formula is C40H81O. The standard InChI is InChI=1S/C40H81O/c1-4-7-9-11-13-15-17-19-21-23-25-27-29-31-33-35-37-39-40(41,6-3)38-36-34-32-30-28-26-24-22-20-18-16-14-12-10-8-5-2/h39,41H,4-38H2,1-3H3. The van der Waals surface area contributed by atoms with Gasteiger partial charge in [-0.25, -0.2) is 0 Å². The lowest BCUT2D eigenvalue weighted by molar-refractivity contribution is 0.0539. The van der Waals surface area contributed by atoms with E-state index in [0.29, 0.717) is 0 Å². The summed E-state index contributed by atoms with van der Waals surface area (Å²) in [7, 11) is 0. The molecule has 0 fully saturated rings. The maximum Gasteiger partial charge on any atom is 0.0676 e. The van der Waals surface area contributed by atoms with Gasteiger partial charge in [0.2, 0.25) is 0 Å². The van der Waals surface area contributed by atoms with Crippen molar-refractivity contribution in [3.05, 3.63) is 6.42 Å². The van der Waals surface area contributed by atoms with Crippen molar-refractivity contribution in [1.82, 2.24) is 0 Å². The molecule has 0 aromatic carbocycles. The van der Waals surface area contributed by atoms with Crippen molar-refractivity contribution in [3.63, 3.8) is 0 Å². The van der Waals surface area contributed by atoms with Crippen LogP contribution in [0.4, 0.5) is 0 Å². The Morgan fingerprint density at radius 3 is 0.854 bits per heavy atom. The molecule has 0 saturated heterocycles. The highest BCUT2D eigenvalue weighted by atomic mass is 16.3. The SMILES string of the molecule is CCCCCCCCCCCCCCCCCC[CH]C(O)(CC)CCCCCCCCCCCCCCCCCC. The first-order valence-corrected chi connectivity index (χ1v) is 19.7. The summed E-state index contributed by atoms with van der Waals surface area (Å²) in [4.78, 5) is 0. The minimum absolute atomic E-state index is 0.508. The van der Waals surface area contributed by atoms with E-state index in [4.69, 9.17) is 0 Å². The third kappa shape index (κ3) is 32.7. The van der Waals surface area contributed by atoms with E-state index >= 15 is 0 Å². The average Bonchev–Trinajstić information content (AvgIpc) is 2.98. The summed E-state index contributed by atoms with van der Waals surface area (Å²) < 4.78 is 0. The Labute approximate surface area is 262 Å². The van der Waals surface area contributed by atoms with Crippen molar-refractivity contribution in [2.24, 2.45) is 0 Å². The van der Waals surface area contributed by atoms with E-state index in [9.17, 15) is 5.11 Å². The fourth-order valence-electron chi connectivity index (χ4n) is 6.47. The first-order chi connectivity index (χ1) is 20.2. The van der Waals surface area contributed by atoms with Gasteiger partial charge in [0.25, 0.3) is 0 Å². The highest BCUT2D eigenvalue weighted by Gasteiger charge is 2.23. The fourth-order valence-corrected chi connectivity index (χ4v) is 6.47. The van der Waals surface area contributed by atoms with Gasteiger partial charge in [0.1, 0.15) is 0 Å². The summed E-state index contributed by atoms with van der Waals surface area (Å²) in [5.41, 5.74) is -0.508. The molecule has 0 aromatic rings. The van der Waals surface area contributed by atoms with E-state index in [1.54, 1.807) is 0 Å². The zero-order chi connectivity index (χ0) is 30.0. The van der Waals surface area contributed by atoms with Crippen molar-refractivity contribution in [2.75, 3.05) is 0 Å². The van der Waals surface area contributed by atoms with Crippen LogP contribution < -0.4 is 0 Å². The predicted molar refractivity (Wildman–Crippen MR) is 188 cm³/mol. The summed E-state index contributed by atoms with van der Waals surface area (Å²) in [6.45, 7) is 6.76. The number of hydrogen-bond acceptors (Lipinski definition) is 1. The van der Waals surface area contributed by atoms with E-state index in [0.717, 1.165) is 19.3 Å². The molecule has 0 rings (SSSR count). The molecule has 0 aromatic heterocycles. The second kappa shape index (κ2) is 34.5. The molecule has 1 radical (unpaired) electrons. The summed E-state index contributed by atoms with van der Waals surface area (Å²) >= 11 is 0. The van der Waals surface area contributed by atoms with Crippen LogP contribution in [0.3, 0.4) is 0 Å². The minimum atomic E-state index is -0.508. The zero-order valence-corrected chi connectivity index (χ0v) is 29.3. The van der Waals surface area contributed by atoms with Gasteiger partial charge in [0, 0.05) is 0 Å². The Morgan fingerprint density at radius 2 is 0.585 bits per heavy atom. The minimum Gasteiger partial charge on any atom is -0.390 e. The van der Waals surface area contributed by atoms with Crippen LogP contribution >= 0.6 is 0 Å². The van der Waals surface area contributed by atoms with Crippen molar-refractivity contribution in [2.45, 2.75) is 251 Å². The first kappa shape index (κ1) is 41.0. The van der Waals surface area contributed by atoms with Crippen molar-refractivity contribution >= 4 is 0 Å². The molecule has 0 spiro atoms. The molecule has 0 aliphatic rings. The van der Waals surface area contributed by atoms with E-state index in [2.05, 4.69) is 27.2 Å². The normalized spacial score (nSPS) is 13.2. The van der Waals surface area contributed by atoms with Gasteiger partial charge in [-0.05, 0) is 25.7 Å². The molecule has 0 amide bonds. The molecule has 0 saturated carbocycles. The lowest BCUT2D eigenvalue weighted by Gasteiger charge is -2.26. The molecule has 1 atom stereocenters. The molecule has 1 nitrogen and oxygen atoms in total. The number of unbranched alkanes of at least 4 members (excludes halogenated alkanes) is 31. The van der Waals surface area contributed by atoms with E-state index in [1.807, 2.05) is 0 Å². The monoisotopic (exact) mass is 578 g/mol. The van der Waals surface area contributed by atoms with Gasteiger partial charge in [-0.3, -0.25) is 0 Å². The van der Waals surface area contributed by atoms with Gasteiger partial charge in [0.05, 0.1) is 5.60 Å². The Morgan fingerprint density at radius 1 is 0.341 bits per heavy atom. The molecular weight excluding hydrogens is 496 g/mol. The second-order valence-corrected chi connectivity index (χ2v) is 13.8. The first-order valence-electron chi connectivity index (χ1n) is 19.7. The lowest BCUT2D eigenvalue weighted by atomic mass is 9.87. The molecule has 0 bridgehead atoms. The van der Waals surface area contributed by atoms with Gasteiger partial charge in [-0.1, -0.05) is 226 Å². The number of hydrogen-bond donors (Lipinski definition) is 1. The molecule has 0 aliphatic heterocycles. The maximum atomic E-state index is 11.0. The van der Waals surface area contributed by atoms with Gasteiger partial charge >= 0.3 is 0 Å². The molecule has 1 N–H and O–H groups in total. The Kier molecular flexibility index (Phi) is 34.4. The topological polar surface area (TPSA) is 20.2 Å². The summed E-state index contributed by atoms with van der Waals surface area (Å²) in [5, 5.41) is 11.0. The molecule has 1 unspecified atom stereocenters. The smallest absolute Gasteiger partial charge is 0.0676 e. The highest BCUT2D eigenvalue weighted by molar-refractivity contribution is 4.91. The molecule has 1 heteroatoms. The lowest BCUT2D eigenvalue weighted by Crippen LogP contribution is -2.28. The summed E-state index contributed by atoms with van der Waals surface area (Å²) in [6.07, 6.45) is 50.5. The molecule has 41 heavy (non-hydrogen) atoms. The fraction of sp³-hybridized carbons (Fsp3) is 0.975. The van der Waals surface area contributed by atoms with Crippen molar-refractivity contribution in [3.8, 4) is 0 Å². The zero-order valence-electron chi connectivity index (χ0n) is 29.3. The van der Waals surface area contributed by atoms with Crippen LogP contribution in [0.5, 0.6) is 0 Å². The molecule has 0 heterocycles. The van der Waals surface area contributed by atoms with Crippen LogP contribution in [0.2, 0.25) is 0 Å². The average molecular weight is 578 g/mol. The van der Waals surface area contributed by atoms with Crippen LogP contribution in [0.15, 0.2) is 0 Å². The van der Waals surface area contributed by atoms with Gasteiger partial charge < -0.3 is 5.11 Å². The Hall–Kier alpha value is -0.0400. The molecule has 0 aliphatic carbocycles. The maximum absolute atomic E-state index is 11.0. The third-order valence-electron chi connectivity index (χ3n) is 9.66. The van der Waals surface area contributed by atoms with Crippen LogP contribution in [0.25, 0.3) is 0 Å². The van der Waals surface area contributed by atoms with Crippen LogP contribution in [-0.4, -0.2) is 10.7 Å². The highest BCUT2D eigenvalue weighted by Crippen LogP contribution is 2.26. The van der Waals surface area contributed by atoms with Crippen LogP contribution in [0.1, 0.15) is 245 Å². The Balaban J connectivity index is 3.38. The van der Waals surface area contributed by atoms with Crippen LogP contribution in [0, 0.1) is 6.42 Å². The van der Waals surface area contributed by atoms with Gasteiger partial charge in [-0.15, -0.1) is 0 Å². The van der Waals surface area contributed by atoms with Crippen molar-refractivity contribution < 1.29 is 5.11 Å². The van der Waals surface area contributed by atoms with Gasteiger partial charge in [0.15, 0.2) is 0 Å². The number of rotatable bonds is 36. The number of aliphatic hydroxyl groups is 1. The third-order valence-corrected chi connectivity index (χ3v) is 9.66.